The Kier molecular flexibility index (Phi) is 6.64. The lowest BCUT2D eigenvalue weighted by Crippen LogP contribution is -2.47. The molecule has 1 N–H and O–H groups in total. The molecule has 2 aromatic heterocycles. The van der Waals surface area contributed by atoms with Crippen molar-refractivity contribution >= 4 is 52.6 Å². The smallest absolute Gasteiger partial charge is 0.330 e. The zero-order chi connectivity index (χ0) is 26.6. The lowest BCUT2D eigenvalue weighted by atomic mass is 9.96. The fourth-order valence-electron chi connectivity index (χ4n) is 4.89. The van der Waals surface area contributed by atoms with E-state index in [1.54, 1.807) is 35.4 Å². The third-order valence-electron chi connectivity index (χ3n) is 6.98. The summed E-state index contributed by atoms with van der Waals surface area (Å²) < 4.78 is 1.30. The number of halogens is 3. The van der Waals surface area contributed by atoms with Crippen LogP contribution in [-0.2, 0) is 17.8 Å². The third kappa shape index (κ3) is 4.45. The molecule has 1 aromatic carbocycles. The molecule has 2 aliphatic rings. The Labute approximate surface area is 227 Å². The van der Waals surface area contributed by atoms with Crippen molar-refractivity contribution in [2.45, 2.75) is 44.9 Å². The predicted octanol–water partition coefficient (Wildman–Crippen LogP) is 4.67. The minimum Gasteiger partial charge on any atom is -0.480 e. The molecule has 2 aliphatic heterocycles. The van der Waals surface area contributed by atoms with Gasteiger partial charge in [0.2, 0.25) is 0 Å². The first kappa shape index (κ1) is 25.5. The molecule has 0 radical (unpaired) electrons. The minimum absolute atomic E-state index is 0.0625. The van der Waals surface area contributed by atoms with Gasteiger partial charge in [-0.2, -0.15) is 5.10 Å². The van der Waals surface area contributed by atoms with E-state index in [0.29, 0.717) is 39.0 Å². The topological polar surface area (TPSA) is 109 Å². The number of hydrogen-bond acceptors (Lipinski definition) is 5. The highest BCUT2D eigenvalue weighted by Gasteiger charge is 2.43. The third-order valence-corrected chi connectivity index (χ3v) is 7.94. The summed E-state index contributed by atoms with van der Waals surface area (Å²) in [5, 5.41) is 15.5. The van der Waals surface area contributed by atoms with Gasteiger partial charge in [-0.1, -0.05) is 40.9 Å². The normalized spacial score (nSPS) is 19.9. The Morgan fingerprint density at radius 3 is 2.54 bits per heavy atom. The first-order valence-corrected chi connectivity index (χ1v) is 12.7. The number of carboxylic acids is 1. The van der Waals surface area contributed by atoms with Crippen molar-refractivity contribution in [3.05, 3.63) is 79.8 Å². The van der Waals surface area contributed by atoms with Crippen LogP contribution in [0.2, 0.25) is 15.2 Å². The summed E-state index contributed by atoms with van der Waals surface area (Å²) in [4.78, 5) is 46.7. The summed E-state index contributed by atoms with van der Waals surface area (Å²) in [6.45, 7) is 3.73. The number of carboxylic acid groups (broad SMARTS) is 1. The lowest BCUT2D eigenvalue weighted by molar-refractivity contribution is -0.142. The fourth-order valence-corrected chi connectivity index (χ4v) is 5.30. The fraction of sp³-hybridized carbons (Fsp3) is 0.320. The van der Waals surface area contributed by atoms with E-state index in [0.717, 1.165) is 0 Å². The average Bonchev–Trinajstić information content (AvgIpc) is 3.23. The van der Waals surface area contributed by atoms with Gasteiger partial charge in [0.25, 0.3) is 11.8 Å². The highest BCUT2D eigenvalue weighted by molar-refractivity contribution is 6.42. The summed E-state index contributed by atoms with van der Waals surface area (Å²) in [5.74, 6) is -1.73. The highest BCUT2D eigenvalue weighted by Crippen LogP contribution is 2.36. The van der Waals surface area contributed by atoms with Crippen LogP contribution < -0.4 is 0 Å². The van der Waals surface area contributed by atoms with Crippen molar-refractivity contribution in [1.82, 2.24) is 24.6 Å². The van der Waals surface area contributed by atoms with Crippen LogP contribution in [0.5, 0.6) is 0 Å². The lowest BCUT2D eigenvalue weighted by Gasteiger charge is -2.37. The second kappa shape index (κ2) is 9.63. The number of hydrogen-bond donors (Lipinski definition) is 1. The molecule has 1 unspecified atom stereocenters. The maximum atomic E-state index is 13.8. The molecule has 0 bridgehead atoms. The van der Waals surface area contributed by atoms with Crippen LogP contribution in [-0.4, -0.2) is 60.0 Å². The molecular weight excluding hydrogens is 541 g/mol. The molecule has 0 saturated carbocycles. The molecule has 9 nitrogen and oxygen atoms in total. The number of carbonyl (C=O) groups is 3. The monoisotopic (exact) mass is 561 g/mol. The van der Waals surface area contributed by atoms with Crippen LogP contribution in [0.15, 0.2) is 36.5 Å². The van der Waals surface area contributed by atoms with Gasteiger partial charge in [-0.25, -0.2) is 14.5 Å². The van der Waals surface area contributed by atoms with Crippen LogP contribution in [0.25, 0.3) is 0 Å². The van der Waals surface area contributed by atoms with Gasteiger partial charge in [-0.05, 0) is 43.7 Å². The number of pyridine rings is 1. The van der Waals surface area contributed by atoms with E-state index in [2.05, 4.69) is 10.1 Å². The SMILES string of the molecule is CC(c1ccc(Cl)nc1)N1C[C@@H](C(=O)O)n2nc3c(c2C1=O)CN(C(=O)c1ccc(Cl)c(Cl)c1)[C@H](C)C3. The summed E-state index contributed by atoms with van der Waals surface area (Å²) in [6, 6.07) is 6.27. The van der Waals surface area contributed by atoms with E-state index in [-0.39, 0.29) is 41.7 Å². The van der Waals surface area contributed by atoms with E-state index in [1.165, 1.54) is 15.6 Å². The predicted molar refractivity (Wildman–Crippen MR) is 137 cm³/mol. The number of amides is 2. The molecule has 3 aromatic rings. The van der Waals surface area contributed by atoms with E-state index in [9.17, 15) is 19.5 Å². The standard InChI is InChI=1S/C25H22Cl3N5O4/c1-12-7-19-16(10-31(12)23(34)14-3-5-17(26)18(27)8-14)22-24(35)32(11-20(25(36)37)33(22)30-19)13(2)15-4-6-21(28)29-9-15/h3-6,8-9,12-13,20H,7,10-11H2,1-2H3,(H,36,37)/t12-,13?,20+/m1/s1. The van der Waals surface area contributed by atoms with Gasteiger partial charge in [0, 0.05) is 29.8 Å². The summed E-state index contributed by atoms with van der Waals surface area (Å²) in [6.07, 6.45) is 1.94. The number of fused-ring (bicyclic) bond motifs is 3. The number of benzene rings is 1. The van der Waals surface area contributed by atoms with Gasteiger partial charge in [-0.3, -0.25) is 9.59 Å². The number of rotatable bonds is 4. The molecule has 3 atom stereocenters. The molecule has 192 valence electrons. The molecule has 37 heavy (non-hydrogen) atoms. The Morgan fingerprint density at radius 2 is 1.89 bits per heavy atom. The Bertz CT molecular complexity index is 1420. The zero-order valence-corrected chi connectivity index (χ0v) is 22.1. The molecule has 0 saturated heterocycles. The average molecular weight is 563 g/mol. The summed E-state index contributed by atoms with van der Waals surface area (Å²) in [7, 11) is 0. The molecule has 4 heterocycles. The Hall–Kier alpha value is -3.14. The van der Waals surface area contributed by atoms with Gasteiger partial charge >= 0.3 is 5.97 Å². The number of nitrogens with zero attached hydrogens (tertiary/aromatic N) is 5. The van der Waals surface area contributed by atoms with Crippen molar-refractivity contribution < 1.29 is 19.5 Å². The highest BCUT2D eigenvalue weighted by atomic mass is 35.5. The van der Waals surface area contributed by atoms with Gasteiger partial charge in [0.15, 0.2) is 6.04 Å². The van der Waals surface area contributed by atoms with Crippen LogP contribution in [0.3, 0.4) is 0 Å². The molecule has 0 fully saturated rings. The number of aliphatic carboxylic acids is 1. The van der Waals surface area contributed by atoms with E-state index < -0.39 is 18.1 Å². The van der Waals surface area contributed by atoms with Crippen LogP contribution in [0.4, 0.5) is 0 Å². The van der Waals surface area contributed by atoms with E-state index in [1.807, 2.05) is 13.8 Å². The summed E-state index contributed by atoms with van der Waals surface area (Å²) >= 11 is 18.0. The van der Waals surface area contributed by atoms with Crippen molar-refractivity contribution in [3.8, 4) is 0 Å². The van der Waals surface area contributed by atoms with Crippen LogP contribution in [0, 0.1) is 0 Å². The maximum Gasteiger partial charge on any atom is 0.330 e. The first-order chi connectivity index (χ1) is 17.6. The number of carbonyl (C=O) groups excluding carboxylic acids is 2. The van der Waals surface area contributed by atoms with Crippen molar-refractivity contribution in [2.24, 2.45) is 0 Å². The second-order valence-electron chi connectivity index (χ2n) is 9.24. The minimum atomic E-state index is -1.10. The molecule has 0 spiro atoms. The Morgan fingerprint density at radius 1 is 1.14 bits per heavy atom. The molecule has 2 amide bonds. The first-order valence-electron chi connectivity index (χ1n) is 11.6. The maximum absolute atomic E-state index is 13.8. The molecule has 12 heteroatoms. The molecule has 0 aliphatic carbocycles. The molecule has 5 rings (SSSR count). The van der Waals surface area contributed by atoms with Gasteiger partial charge in [0.1, 0.15) is 10.8 Å². The van der Waals surface area contributed by atoms with E-state index >= 15 is 0 Å². The van der Waals surface area contributed by atoms with Crippen molar-refractivity contribution in [2.75, 3.05) is 6.54 Å². The number of aromatic nitrogens is 3. The zero-order valence-electron chi connectivity index (χ0n) is 19.9. The largest absolute Gasteiger partial charge is 0.480 e. The van der Waals surface area contributed by atoms with Gasteiger partial charge in [-0.15, -0.1) is 0 Å². The van der Waals surface area contributed by atoms with Gasteiger partial charge in [0.05, 0.1) is 34.9 Å². The second-order valence-corrected chi connectivity index (χ2v) is 10.4. The van der Waals surface area contributed by atoms with Crippen molar-refractivity contribution in [3.63, 3.8) is 0 Å². The van der Waals surface area contributed by atoms with E-state index in [4.69, 9.17) is 34.8 Å². The van der Waals surface area contributed by atoms with Crippen LogP contribution >= 0.6 is 34.8 Å². The quantitative estimate of drug-likeness (QED) is 0.463. The van der Waals surface area contributed by atoms with Crippen molar-refractivity contribution in [1.29, 1.82) is 0 Å². The molecular formula is C25H22Cl3N5O4. The van der Waals surface area contributed by atoms with Gasteiger partial charge < -0.3 is 14.9 Å². The Balaban J connectivity index is 1.53. The van der Waals surface area contributed by atoms with Crippen LogP contribution in [0.1, 0.15) is 63.6 Å². The summed E-state index contributed by atoms with van der Waals surface area (Å²) in [5.41, 5.74) is 2.43.